The summed E-state index contributed by atoms with van der Waals surface area (Å²) in [6.07, 6.45) is 1.89. The third-order valence-corrected chi connectivity index (χ3v) is 10.4. The molecule has 4 rings (SSSR count). The lowest BCUT2D eigenvalue weighted by atomic mass is 9.76. The monoisotopic (exact) mass is 772 g/mol. The van der Waals surface area contributed by atoms with Crippen molar-refractivity contribution in [3.8, 4) is 22.3 Å². The van der Waals surface area contributed by atoms with E-state index in [1.807, 2.05) is 119 Å². The minimum absolute atomic E-state index is 0.114. The highest BCUT2D eigenvalue weighted by Crippen LogP contribution is 2.35. The van der Waals surface area contributed by atoms with Gasteiger partial charge in [-0.2, -0.15) is 11.8 Å². The molecule has 0 aliphatic rings. The zero-order chi connectivity index (χ0) is 41.1. The first-order valence-electron chi connectivity index (χ1n) is 18.1. The highest BCUT2D eigenvalue weighted by Gasteiger charge is 2.42. The fourth-order valence-electron chi connectivity index (χ4n) is 5.21. The molecule has 0 fully saturated rings. The summed E-state index contributed by atoms with van der Waals surface area (Å²) in [5, 5.41) is 18.8. The van der Waals surface area contributed by atoms with Crippen LogP contribution in [0.1, 0.15) is 83.0 Å². The highest BCUT2D eigenvalue weighted by atomic mass is 32.2. The summed E-state index contributed by atoms with van der Waals surface area (Å²) in [7, 11) is 0. The number of carboxylic acid groups (broad SMARTS) is 2. The molecule has 54 heavy (non-hydrogen) atoms. The lowest BCUT2D eigenvalue weighted by Crippen LogP contribution is -2.39. The number of carbonyl (C=O) groups is 5. The van der Waals surface area contributed by atoms with Crippen LogP contribution in [0.2, 0.25) is 0 Å². The summed E-state index contributed by atoms with van der Waals surface area (Å²) in [4.78, 5) is 60.3. The Balaban J connectivity index is 0.000000496. The normalized spacial score (nSPS) is 11.8. The molecule has 0 saturated carbocycles. The second kappa shape index (κ2) is 23.3. The van der Waals surface area contributed by atoms with Crippen molar-refractivity contribution in [1.82, 2.24) is 0 Å². The molecule has 0 aromatic heterocycles. The first-order chi connectivity index (χ1) is 25.6. The Morgan fingerprint density at radius 3 is 1.09 bits per heavy atom. The number of hydrogen-bond donors (Lipinski definition) is 2. The van der Waals surface area contributed by atoms with Crippen LogP contribution in [0.15, 0.2) is 109 Å². The quantitative estimate of drug-likeness (QED) is 0.120. The summed E-state index contributed by atoms with van der Waals surface area (Å²) in [6.45, 7) is 15.7. The fraction of sp³-hybridized carbons (Fsp3) is 0.356. The van der Waals surface area contributed by atoms with Crippen LogP contribution in [0.25, 0.3) is 22.3 Å². The molecule has 4 aromatic carbocycles. The highest BCUT2D eigenvalue weighted by molar-refractivity contribution is 8.13. The van der Waals surface area contributed by atoms with E-state index in [9.17, 15) is 34.2 Å². The molecule has 290 valence electrons. The van der Waals surface area contributed by atoms with Crippen LogP contribution in [0.3, 0.4) is 0 Å². The van der Waals surface area contributed by atoms with Crippen molar-refractivity contribution < 1.29 is 34.2 Å². The Labute approximate surface area is 330 Å². The van der Waals surface area contributed by atoms with Crippen molar-refractivity contribution >= 4 is 52.1 Å². The standard InChI is InChI=1S/C21H22O4S.C20H22O3S.2C2H6/c1-14(22)26-13-18(21(2,3)20(24)25)19(23)17-11-9-16(10-12-17)15-7-5-4-6-8-15;1-20(2,19(22)23)17(13-24-3)18(21)16-11-9-15(10-12-16)14-7-5-4-6-8-14;2*1-2/h4-12,18H,13H2,1-3H3,(H,24,25);4-12,17H,13H2,1-3H3,(H,22,23);2*1-2H3. The zero-order valence-corrected chi connectivity index (χ0v) is 34.8. The van der Waals surface area contributed by atoms with Crippen LogP contribution in [-0.4, -0.2) is 56.6 Å². The Morgan fingerprint density at radius 1 is 0.519 bits per heavy atom. The zero-order valence-electron chi connectivity index (χ0n) is 33.2. The molecule has 0 heterocycles. The average molecular weight is 773 g/mol. The van der Waals surface area contributed by atoms with Crippen LogP contribution in [0.5, 0.6) is 0 Å². The van der Waals surface area contributed by atoms with E-state index in [0.717, 1.165) is 34.0 Å². The van der Waals surface area contributed by atoms with Gasteiger partial charge in [0.2, 0.25) is 0 Å². The molecule has 0 bridgehead atoms. The molecular formula is C45H56O7S2. The van der Waals surface area contributed by atoms with Gasteiger partial charge in [-0.1, -0.05) is 149 Å². The van der Waals surface area contributed by atoms with Crippen molar-refractivity contribution in [2.24, 2.45) is 22.7 Å². The molecular weight excluding hydrogens is 717 g/mol. The number of aliphatic carboxylic acids is 2. The predicted octanol–water partition coefficient (Wildman–Crippen LogP) is 11.2. The van der Waals surface area contributed by atoms with Gasteiger partial charge in [-0.15, -0.1) is 0 Å². The first kappa shape index (κ1) is 47.6. The maximum atomic E-state index is 13.0. The topological polar surface area (TPSA) is 126 Å². The Hall–Kier alpha value is -4.47. The van der Waals surface area contributed by atoms with Gasteiger partial charge in [-0.3, -0.25) is 24.0 Å². The minimum atomic E-state index is -1.27. The third-order valence-electron chi connectivity index (χ3n) is 8.82. The summed E-state index contributed by atoms with van der Waals surface area (Å²) >= 11 is 2.48. The van der Waals surface area contributed by atoms with E-state index in [-0.39, 0.29) is 22.4 Å². The summed E-state index contributed by atoms with van der Waals surface area (Å²) < 4.78 is 0. The van der Waals surface area contributed by atoms with Gasteiger partial charge in [-0.05, 0) is 56.2 Å². The van der Waals surface area contributed by atoms with E-state index in [2.05, 4.69) is 0 Å². The molecule has 9 heteroatoms. The number of benzene rings is 4. The van der Waals surface area contributed by atoms with Gasteiger partial charge >= 0.3 is 11.9 Å². The minimum Gasteiger partial charge on any atom is -0.481 e. The van der Waals surface area contributed by atoms with Crippen LogP contribution < -0.4 is 0 Å². The van der Waals surface area contributed by atoms with Crippen molar-refractivity contribution in [1.29, 1.82) is 0 Å². The lowest BCUT2D eigenvalue weighted by Gasteiger charge is -2.29. The van der Waals surface area contributed by atoms with Crippen LogP contribution >= 0.6 is 23.5 Å². The molecule has 0 saturated heterocycles. The number of Topliss-reactive ketones (excluding diaryl/α,β-unsaturated/α-hetero) is 2. The molecule has 2 unspecified atom stereocenters. The van der Waals surface area contributed by atoms with Crippen LogP contribution in [-0.2, 0) is 14.4 Å². The van der Waals surface area contributed by atoms with Crippen LogP contribution in [0.4, 0.5) is 0 Å². The number of carbonyl (C=O) groups excluding carboxylic acids is 3. The summed E-state index contributed by atoms with van der Waals surface area (Å²) in [5.74, 6) is -3.10. The molecule has 0 spiro atoms. The van der Waals surface area contributed by atoms with Crippen molar-refractivity contribution in [2.45, 2.75) is 62.3 Å². The SMILES string of the molecule is CC.CC.CC(=O)SCC(C(=O)c1ccc(-c2ccccc2)cc1)C(C)(C)C(=O)O.CSCC(C(=O)c1ccc(-c2ccccc2)cc1)C(C)(C)C(=O)O. The summed E-state index contributed by atoms with van der Waals surface area (Å²) in [6, 6.07) is 34.3. The molecule has 0 aliphatic carbocycles. The third kappa shape index (κ3) is 13.4. The maximum Gasteiger partial charge on any atom is 0.309 e. The van der Waals surface area contributed by atoms with Crippen molar-refractivity contribution in [2.75, 3.05) is 17.8 Å². The van der Waals surface area contributed by atoms with Gasteiger partial charge in [0, 0.05) is 41.4 Å². The molecule has 0 radical (unpaired) electrons. The molecule has 0 aliphatic heterocycles. The molecule has 0 amide bonds. The number of rotatable bonds is 14. The van der Waals surface area contributed by atoms with E-state index >= 15 is 0 Å². The van der Waals surface area contributed by atoms with E-state index in [0.29, 0.717) is 16.9 Å². The van der Waals surface area contributed by atoms with Gasteiger partial charge in [0.1, 0.15) is 0 Å². The lowest BCUT2D eigenvalue weighted by molar-refractivity contribution is -0.149. The van der Waals surface area contributed by atoms with Crippen LogP contribution in [0, 0.1) is 22.7 Å². The van der Waals surface area contributed by atoms with Gasteiger partial charge in [-0.25, -0.2) is 0 Å². The first-order valence-corrected chi connectivity index (χ1v) is 20.5. The maximum absolute atomic E-state index is 13.0. The molecule has 7 nitrogen and oxygen atoms in total. The van der Waals surface area contributed by atoms with E-state index in [4.69, 9.17) is 0 Å². The fourth-order valence-corrected chi connectivity index (χ4v) is 7.08. The Morgan fingerprint density at radius 2 is 0.815 bits per heavy atom. The second-order valence-electron chi connectivity index (χ2n) is 13.0. The molecule has 2 atom stereocenters. The second-order valence-corrected chi connectivity index (χ2v) is 15.1. The van der Waals surface area contributed by atoms with E-state index < -0.39 is 34.6 Å². The predicted molar refractivity (Wildman–Crippen MR) is 226 cm³/mol. The number of ketones is 2. The van der Waals surface area contributed by atoms with Gasteiger partial charge in [0.25, 0.3) is 0 Å². The van der Waals surface area contributed by atoms with E-state index in [1.165, 1.54) is 32.5 Å². The number of carboxylic acids is 2. The smallest absolute Gasteiger partial charge is 0.309 e. The van der Waals surface area contributed by atoms with Gasteiger partial charge < -0.3 is 10.2 Å². The molecule has 4 aromatic rings. The molecule has 2 N–H and O–H groups in total. The number of thioether (sulfide) groups is 2. The Bertz CT molecular complexity index is 1770. The Kier molecular flexibility index (Phi) is 20.6. The van der Waals surface area contributed by atoms with Crippen molar-refractivity contribution in [3.63, 3.8) is 0 Å². The largest absolute Gasteiger partial charge is 0.481 e. The van der Waals surface area contributed by atoms with Crippen molar-refractivity contribution in [3.05, 3.63) is 120 Å². The summed E-state index contributed by atoms with van der Waals surface area (Å²) in [5.41, 5.74) is 2.79. The van der Waals surface area contributed by atoms with E-state index in [1.54, 1.807) is 38.1 Å². The van der Waals surface area contributed by atoms with Gasteiger partial charge in [0.05, 0.1) is 10.8 Å². The van der Waals surface area contributed by atoms with Gasteiger partial charge in [0.15, 0.2) is 16.7 Å². The number of hydrogen-bond acceptors (Lipinski definition) is 7. The average Bonchev–Trinajstić information content (AvgIpc) is 3.19.